The van der Waals surface area contributed by atoms with E-state index < -0.39 is 0 Å². The summed E-state index contributed by atoms with van der Waals surface area (Å²) in [6.07, 6.45) is 9.78. The van der Waals surface area contributed by atoms with Gasteiger partial charge in [0.2, 0.25) is 5.91 Å². The third-order valence-electron chi connectivity index (χ3n) is 8.06. The second kappa shape index (κ2) is 10.7. The summed E-state index contributed by atoms with van der Waals surface area (Å²) in [7, 11) is 0. The van der Waals surface area contributed by atoms with E-state index in [1.807, 2.05) is 29.9 Å². The lowest BCUT2D eigenvalue weighted by atomic mass is 9.83. The number of nitrogens with zero attached hydrogens (tertiary/aromatic N) is 5. The summed E-state index contributed by atoms with van der Waals surface area (Å²) < 4.78 is 1.92. The summed E-state index contributed by atoms with van der Waals surface area (Å²) in [6, 6.07) is 6.34. The van der Waals surface area contributed by atoms with Gasteiger partial charge in [-0.2, -0.15) is 5.10 Å². The Morgan fingerprint density at radius 1 is 1.30 bits per heavy atom. The van der Waals surface area contributed by atoms with E-state index in [0.29, 0.717) is 34.5 Å². The van der Waals surface area contributed by atoms with Crippen LogP contribution in [0.15, 0.2) is 30.5 Å². The standard InChI is InChI=1S/C28H34Cl2N6O/c1-16-13-19(6-10-25(16)35-12-4-5-21(35)8-11-26(31)37)24-15-32-27-17(2)34-36(28(27)33-24)18(3)22-9-7-20(29)14-23(22)30/h6-7,9,14-16,18,21,25H,4-5,8,10-13H2,1-3H3,(H2,31,37)/t16-,18-,21+,25?/m1/s1. The van der Waals surface area contributed by atoms with E-state index in [4.69, 9.17) is 44.0 Å². The predicted octanol–water partition coefficient (Wildman–Crippen LogP) is 5.96. The van der Waals surface area contributed by atoms with Crippen LogP contribution in [-0.2, 0) is 4.79 Å². The maximum Gasteiger partial charge on any atom is 0.217 e. The van der Waals surface area contributed by atoms with Crippen LogP contribution in [-0.4, -0.2) is 49.2 Å². The molecule has 5 rings (SSSR count). The van der Waals surface area contributed by atoms with Crippen LogP contribution >= 0.6 is 23.2 Å². The lowest BCUT2D eigenvalue weighted by Crippen LogP contribution is -2.44. The Balaban J connectivity index is 1.41. The number of aryl methyl sites for hydroxylation is 1. The van der Waals surface area contributed by atoms with Crippen molar-refractivity contribution in [3.63, 3.8) is 0 Å². The van der Waals surface area contributed by atoms with Crippen molar-refractivity contribution in [1.82, 2.24) is 24.6 Å². The van der Waals surface area contributed by atoms with Gasteiger partial charge in [-0.3, -0.25) is 9.69 Å². The summed E-state index contributed by atoms with van der Waals surface area (Å²) in [5, 5.41) is 5.99. The Hall–Kier alpha value is -2.48. The minimum Gasteiger partial charge on any atom is -0.370 e. The van der Waals surface area contributed by atoms with E-state index in [1.54, 1.807) is 6.07 Å². The highest BCUT2D eigenvalue weighted by atomic mass is 35.5. The minimum atomic E-state index is -0.207. The SMILES string of the molecule is Cc1nn([C@H](C)c2ccc(Cl)cc2Cl)c2nc(C3=CCC(N4CCC[C@H]4CCC(N)=O)[C@H](C)C3)cnc12. The number of allylic oxidation sites excluding steroid dienone is 1. The second-order valence-corrected chi connectivity index (χ2v) is 11.4. The highest BCUT2D eigenvalue weighted by Crippen LogP contribution is 2.37. The molecule has 3 heterocycles. The van der Waals surface area contributed by atoms with Crippen molar-refractivity contribution in [1.29, 1.82) is 0 Å². The molecule has 1 saturated heterocycles. The van der Waals surface area contributed by atoms with E-state index in [-0.39, 0.29) is 11.9 Å². The zero-order chi connectivity index (χ0) is 26.3. The van der Waals surface area contributed by atoms with E-state index >= 15 is 0 Å². The molecule has 0 spiro atoms. The first-order valence-corrected chi connectivity index (χ1v) is 13.9. The number of nitrogens with two attached hydrogens (primary N) is 1. The fraction of sp³-hybridized carbons (Fsp3) is 0.500. The van der Waals surface area contributed by atoms with Gasteiger partial charge >= 0.3 is 0 Å². The fourth-order valence-corrected chi connectivity index (χ4v) is 6.66. The van der Waals surface area contributed by atoms with E-state index in [2.05, 4.69) is 24.8 Å². The van der Waals surface area contributed by atoms with Crippen LogP contribution in [0.2, 0.25) is 10.0 Å². The van der Waals surface area contributed by atoms with Crippen molar-refractivity contribution in [2.75, 3.05) is 6.54 Å². The molecule has 1 amide bonds. The number of hydrogen-bond donors (Lipinski definition) is 1. The van der Waals surface area contributed by atoms with Gasteiger partial charge in [-0.05, 0) is 81.7 Å². The van der Waals surface area contributed by atoms with Crippen LogP contribution in [0, 0.1) is 12.8 Å². The molecular formula is C28H34Cl2N6O. The molecule has 4 atom stereocenters. The average molecular weight is 542 g/mol. The van der Waals surface area contributed by atoms with Crippen molar-refractivity contribution in [3.8, 4) is 0 Å². The van der Waals surface area contributed by atoms with Crippen LogP contribution in [0.25, 0.3) is 16.7 Å². The summed E-state index contributed by atoms with van der Waals surface area (Å²) in [5.74, 6) is 0.270. The highest BCUT2D eigenvalue weighted by Gasteiger charge is 2.35. The van der Waals surface area contributed by atoms with Gasteiger partial charge in [0.25, 0.3) is 0 Å². The van der Waals surface area contributed by atoms with Crippen LogP contribution in [0.4, 0.5) is 0 Å². The minimum absolute atomic E-state index is 0.123. The van der Waals surface area contributed by atoms with E-state index in [1.165, 1.54) is 12.0 Å². The number of aromatic nitrogens is 4. The molecule has 0 saturated carbocycles. The summed E-state index contributed by atoms with van der Waals surface area (Å²) in [6.45, 7) is 7.44. The van der Waals surface area contributed by atoms with Gasteiger partial charge in [-0.15, -0.1) is 0 Å². The van der Waals surface area contributed by atoms with Gasteiger partial charge in [-0.25, -0.2) is 14.6 Å². The van der Waals surface area contributed by atoms with Gasteiger partial charge in [-0.1, -0.05) is 42.3 Å². The van der Waals surface area contributed by atoms with Gasteiger partial charge in [0, 0.05) is 28.5 Å². The Kier molecular flexibility index (Phi) is 7.57. The number of amides is 1. The number of carbonyl (C=O) groups excluding carboxylic acids is 1. The smallest absolute Gasteiger partial charge is 0.217 e. The van der Waals surface area contributed by atoms with Gasteiger partial charge < -0.3 is 5.73 Å². The number of likely N-dealkylation sites (tertiary alicyclic amines) is 1. The zero-order valence-corrected chi connectivity index (χ0v) is 23.1. The van der Waals surface area contributed by atoms with Crippen LogP contribution < -0.4 is 5.73 Å². The molecule has 1 fully saturated rings. The maximum atomic E-state index is 11.3. The number of halogens is 2. The Bertz CT molecular complexity index is 1350. The number of benzene rings is 1. The lowest BCUT2D eigenvalue weighted by molar-refractivity contribution is -0.118. The van der Waals surface area contributed by atoms with E-state index in [9.17, 15) is 4.79 Å². The van der Waals surface area contributed by atoms with Crippen LogP contribution in [0.1, 0.15) is 75.4 Å². The molecule has 0 bridgehead atoms. The van der Waals surface area contributed by atoms with Gasteiger partial charge in [0.15, 0.2) is 5.65 Å². The van der Waals surface area contributed by atoms with Gasteiger partial charge in [0.05, 0.1) is 23.6 Å². The number of carbonyl (C=O) groups is 1. The molecular weight excluding hydrogens is 507 g/mol. The molecule has 1 aliphatic carbocycles. The molecule has 9 heteroatoms. The molecule has 1 aromatic carbocycles. The monoisotopic (exact) mass is 540 g/mol. The second-order valence-electron chi connectivity index (χ2n) is 10.6. The summed E-state index contributed by atoms with van der Waals surface area (Å²) >= 11 is 12.6. The topological polar surface area (TPSA) is 89.9 Å². The summed E-state index contributed by atoms with van der Waals surface area (Å²) in [4.78, 5) is 23.8. The Morgan fingerprint density at radius 3 is 2.84 bits per heavy atom. The predicted molar refractivity (Wildman–Crippen MR) is 149 cm³/mol. The molecule has 7 nitrogen and oxygen atoms in total. The first kappa shape index (κ1) is 26.1. The zero-order valence-electron chi connectivity index (χ0n) is 21.6. The number of primary amides is 1. The third kappa shape index (κ3) is 5.27. The molecule has 1 unspecified atom stereocenters. The third-order valence-corrected chi connectivity index (χ3v) is 8.62. The summed E-state index contributed by atoms with van der Waals surface area (Å²) in [5.41, 5.74) is 10.9. The first-order valence-electron chi connectivity index (χ1n) is 13.1. The van der Waals surface area contributed by atoms with Crippen LogP contribution in [0.5, 0.6) is 0 Å². The Morgan fingerprint density at radius 2 is 2.11 bits per heavy atom. The number of fused-ring (bicyclic) bond motifs is 1. The van der Waals surface area contributed by atoms with Gasteiger partial charge in [0.1, 0.15) is 5.52 Å². The fourth-order valence-electron chi connectivity index (χ4n) is 6.09. The molecule has 2 aromatic heterocycles. The first-order chi connectivity index (χ1) is 17.7. The lowest BCUT2D eigenvalue weighted by Gasteiger charge is -2.39. The Labute approximate surface area is 228 Å². The van der Waals surface area contributed by atoms with E-state index in [0.717, 1.165) is 60.3 Å². The quantitative estimate of drug-likeness (QED) is 0.399. The van der Waals surface area contributed by atoms with Crippen molar-refractivity contribution in [2.24, 2.45) is 11.7 Å². The molecule has 196 valence electrons. The normalized spacial score (nSPS) is 23.4. The van der Waals surface area contributed by atoms with Crippen molar-refractivity contribution < 1.29 is 4.79 Å². The number of rotatable bonds is 7. The van der Waals surface area contributed by atoms with Crippen LogP contribution in [0.3, 0.4) is 0 Å². The van der Waals surface area contributed by atoms with Crippen molar-refractivity contribution >= 4 is 45.8 Å². The molecule has 1 aliphatic heterocycles. The molecule has 0 radical (unpaired) electrons. The largest absolute Gasteiger partial charge is 0.370 e. The maximum absolute atomic E-state index is 11.3. The average Bonchev–Trinajstić information content (AvgIpc) is 3.46. The highest BCUT2D eigenvalue weighted by molar-refractivity contribution is 6.35. The molecule has 2 N–H and O–H groups in total. The van der Waals surface area contributed by atoms with Crippen molar-refractivity contribution in [2.45, 2.75) is 77.4 Å². The molecule has 3 aromatic rings. The number of hydrogen-bond acceptors (Lipinski definition) is 5. The molecule has 37 heavy (non-hydrogen) atoms. The van der Waals surface area contributed by atoms with Crippen molar-refractivity contribution in [3.05, 3.63) is 57.5 Å². The molecule has 2 aliphatic rings.